The van der Waals surface area contributed by atoms with Crippen molar-refractivity contribution >= 4 is 17.4 Å². The van der Waals surface area contributed by atoms with Crippen molar-refractivity contribution < 1.29 is 9.53 Å². The number of urea groups is 1. The third-order valence-corrected chi connectivity index (χ3v) is 5.02. The molecule has 0 aliphatic carbocycles. The third kappa shape index (κ3) is 2.83. The van der Waals surface area contributed by atoms with Crippen LogP contribution in [0.4, 0.5) is 4.79 Å². The third-order valence-electron chi connectivity index (χ3n) is 4.32. The summed E-state index contributed by atoms with van der Waals surface area (Å²) in [5.74, 6) is 0. The summed E-state index contributed by atoms with van der Waals surface area (Å²) in [7, 11) is 0. The smallest absolute Gasteiger partial charge is 0.318 e. The molecule has 110 valence electrons. The van der Waals surface area contributed by atoms with Crippen molar-refractivity contribution in [3.63, 3.8) is 0 Å². The maximum atomic E-state index is 12.5. The van der Waals surface area contributed by atoms with Crippen molar-refractivity contribution in [2.24, 2.45) is 0 Å². The maximum absolute atomic E-state index is 12.5. The summed E-state index contributed by atoms with van der Waals surface area (Å²) in [5, 5.41) is 7.36. The minimum Gasteiger partial charge on any atom is -0.376 e. The van der Waals surface area contributed by atoms with E-state index in [-0.39, 0.29) is 24.2 Å². The molecule has 4 nitrogen and oxygen atoms in total. The second-order valence-corrected chi connectivity index (χ2v) is 6.48. The average molecular weight is 294 g/mol. The molecule has 1 aromatic rings. The normalized spacial score (nSPS) is 27.8. The average Bonchev–Trinajstić information content (AvgIpc) is 3.19. The van der Waals surface area contributed by atoms with Gasteiger partial charge in [-0.3, -0.25) is 0 Å². The van der Waals surface area contributed by atoms with E-state index in [0.717, 1.165) is 38.8 Å². The van der Waals surface area contributed by atoms with Gasteiger partial charge in [0.1, 0.15) is 0 Å². The molecule has 2 fully saturated rings. The summed E-state index contributed by atoms with van der Waals surface area (Å²) in [5.41, 5.74) is 1.27. The number of rotatable bonds is 3. The lowest BCUT2D eigenvalue weighted by Crippen LogP contribution is -2.47. The van der Waals surface area contributed by atoms with E-state index in [2.05, 4.69) is 22.1 Å². The van der Waals surface area contributed by atoms with Crippen molar-refractivity contribution in [3.8, 4) is 0 Å². The largest absolute Gasteiger partial charge is 0.376 e. The molecule has 0 radical (unpaired) electrons. The van der Waals surface area contributed by atoms with Crippen LogP contribution in [0.15, 0.2) is 16.8 Å². The van der Waals surface area contributed by atoms with Gasteiger partial charge in [-0.1, -0.05) is 0 Å². The zero-order valence-electron chi connectivity index (χ0n) is 11.9. The number of ether oxygens (including phenoxy) is 1. The number of likely N-dealkylation sites (tertiary alicyclic amines) is 1. The van der Waals surface area contributed by atoms with E-state index < -0.39 is 0 Å². The van der Waals surface area contributed by atoms with Gasteiger partial charge < -0.3 is 15.0 Å². The lowest BCUT2D eigenvalue weighted by Gasteiger charge is -2.28. The number of hydrogen-bond donors (Lipinski definition) is 1. The van der Waals surface area contributed by atoms with Crippen LogP contribution in [-0.4, -0.2) is 36.2 Å². The number of carbonyl (C=O) groups excluding carboxylic acids is 1. The van der Waals surface area contributed by atoms with E-state index in [1.165, 1.54) is 5.56 Å². The fourth-order valence-electron chi connectivity index (χ4n) is 3.19. The molecule has 1 aromatic heterocycles. The molecule has 0 saturated carbocycles. The number of nitrogens with one attached hydrogen (secondary N) is 1. The van der Waals surface area contributed by atoms with Crippen LogP contribution >= 0.6 is 11.3 Å². The first-order chi connectivity index (χ1) is 9.75. The predicted octanol–water partition coefficient (Wildman–Crippen LogP) is 3.16. The molecule has 2 aliphatic rings. The summed E-state index contributed by atoms with van der Waals surface area (Å²) < 4.78 is 5.65. The van der Waals surface area contributed by atoms with E-state index in [1.807, 2.05) is 11.8 Å². The molecular formula is C15H22N2O2S. The van der Waals surface area contributed by atoms with E-state index >= 15 is 0 Å². The van der Waals surface area contributed by atoms with Gasteiger partial charge in [-0.15, -0.1) is 0 Å². The van der Waals surface area contributed by atoms with E-state index in [0.29, 0.717) is 0 Å². The van der Waals surface area contributed by atoms with Gasteiger partial charge in [0.2, 0.25) is 0 Å². The Morgan fingerprint density at radius 1 is 1.50 bits per heavy atom. The van der Waals surface area contributed by atoms with Crippen molar-refractivity contribution in [2.75, 3.05) is 13.2 Å². The first kappa shape index (κ1) is 13.9. The molecule has 0 bridgehead atoms. The number of hydrogen-bond acceptors (Lipinski definition) is 3. The van der Waals surface area contributed by atoms with Gasteiger partial charge in [0.05, 0.1) is 18.2 Å². The van der Waals surface area contributed by atoms with Crippen LogP contribution in [0, 0.1) is 0 Å². The van der Waals surface area contributed by atoms with Crippen LogP contribution in [0.2, 0.25) is 0 Å². The summed E-state index contributed by atoms with van der Waals surface area (Å²) >= 11 is 1.70. The Balaban J connectivity index is 1.61. The topological polar surface area (TPSA) is 41.6 Å². The molecule has 2 saturated heterocycles. The second-order valence-electron chi connectivity index (χ2n) is 5.70. The Kier molecular flexibility index (Phi) is 4.27. The highest BCUT2D eigenvalue weighted by Gasteiger charge is 2.32. The molecule has 1 N–H and O–H groups in total. The summed E-state index contributed by atoms with van der Waals surface area (Å²) in [6, 6.07) is 2.53. The molecule has 20 heavy (non-hydrogen) atoms. The molecule has 0 aromatic carbocycles. The predicted molar refractivity (Wildman–Crippen MR) is 80.0 cm³/mol. The fraction of sp³-hybridized carbons (Fsp3) is 0.667. The second kappa shape index (κ2) is 6.14. The van der Waals surface area contributed by atoms with Crippen LogP contribution in [0.1, 0.15) is 44.2 Å². The van der Waals surface area contributed by atoms with Crippen LogP contribution in [0.25, 0.3) is 0 Å². The number of carbonyl (C=O) groups is 1. The zero-order valence-corrected chi connectivity index (χ0v) is 12.7. The highest BCUT2D eigenvalue weighted by atomic mass is 32.1. The molecule has 3 heterocycles. The first-order valence-corrected chi connectivity index (χ1v) is 8.41. The van der Waals surface area contributed by atoms with Crippen LogP contribution in [0.3, 0.4) is 0 Å². The molecule has 5 heteroatoms. The Hall–Kier alpha value is -1.07. The van der Waals surface area contributed by atoms with Gasteiger partial charge in [0.15, 0.2) is 0 Å². The molecule has 2 aliphatic heterocycles. The summed E-state index contributed by atoms with van der Waals surface area (Å²) in [6.45, 7) is 3.72. The van der Waals surface area contributed by atoms with Crippen molar-refractivity contribution in [2.45, 2.75) is 50.8 Å². The Morgan fingerprint density at radius 2 is 2.40 bits per heavy atom. The monoisotopic (exact) mass is 294 g/mol. The van der Waals surface area contributed by atoms with E-state index in [9.17, 15) is 4.79 Å². The number of thiophene rings is 1. The van der Waals surface area contributed by atoms with Gasteiger partial charge in [-0.25, -0.2) is 4.79 Å². The van der Waals surface area contributed by atoms with Crippen LogP contribution < -0.4 is 5.32 Å². The SMILES string of the molecule is C[C@H](NC(=O)N1CCC[C@H]1c1ccsc1)[C@H]1CCCO1. The number of amides is 2. The summed E-state index contributed by atoms with van der Waals surface area (Å²) in [6.07, 6.45) is 4.49. The number of nitrogens with zero attached hydrogens (tertiary/aromatic N) is 1. The Morgan fingerprint density at radius 3 is 3.10 bits per heavy atom. The lowest BCUT2D eigenvalue weighted by atomic mass is 10.1. The van der Waals surface area contributed by atoms with Gasteiger partial charge in [0, 0.05) is 13.2 Å². The molecule has 0 spiro atoms. The zero-order chi connectivity index (χ0) is 13.9. The minimum atomic E-state index is 0.0571. The molecule has 0 unspecified atom stereocenters. The highest BCUT2D eigenvalue weighted by molar-refractivity contribution is 7.07. The Labute approximate surface area is 124 Å². The quantitative estimate of drug-likeness (QED) is 0.930. The van der Waals surface area contributed by atoms with E-state index in [1.54, 1.807) is 11.3 Å². The highest BCUT2D eigenvalue weighted by Crippen LogP contribution is 2.33. The summed E-state index contributed by atoms with van der Waals surface area (Å²) in [4.78, 5) is 14.5. The van der Waals surface area contributed by atoms with Gasteiger partial charge in [0.25, 0.3) is 0 Å². The van der Waals surface area contributed by atoms with Crippen LogP contribution in [-0.2, 0) is 4.74 Å². The molecule has 2 amide bonds. The molecule has 3 atom stereocenters. The van der Waals surface area contributed by atoms with Gasteiger partial charge in [-0.2, -0.15) is 11.3 Å². The van der Waals surface area contributed by atoms with Crippen molar-refractivity contribution in [1.29, 1.82) is 0 Å². The van der Waals surface area contributed by atoms with Crippen molar-refractivity contribution in [3.05, 3.63) is 22.4 Å². The van der Waals surface area contributed by atoms with E-state index in [4.69, 9.17) is 4.74 Å². The van der Waals surface area contributed by atoms with Crippen molar-refractivity contribution in [1.82, 2.24) is 10.2 Å². The molecular weight excluding hydrogens is 272 g/mol. The standard InChI is InChI=1S/C15H22N2O2S/c1-11(14-5-3-8-19-14)16-15(18)17-7-2-4-13(17)12-6-9-20-10-12/h6,9-11,13-14H,2-5,7-8H2,1H3,(H,16,18)/t11-,13-,14+/m0/s1. The Bertz CT molecular complexity index is 443. The lowest BCUT2D eigenvalue weighted by molar-refractivity contribution is 0.0829. The van der Waals surface area contributed by atoms with Crippen LogP contribution in [0.5, 0.6) is 0 Å². The fourth-order valence-corrected chi connectivity index (χ4v) is 3.90. The van der Waals surface area contributed by atoms with Gasteiger partial charge in [-0.05, 0) is 55.0 Å². The minimum absolute atomic E-state index is 0.0571. The first-order valence-electron chi connectivity index (χ1n) is 7.46. The molecule has 3 rings (SSSR count). The van der Waals surface area contributed by atoms with Gasteiger partial charge >= 0.3 is 6.03 Å². The maximum Gasteiger partial charge on any atom is 0.318 e.